The topological polar surface area (TPSA) is 25.8 Å². The molecule has 0 radical (unpaired) electrons. The third-order valence-electron chi connectivity index (χ3n) is 6.87. The predicted octanol–water partition coefficient (Wildman–Crippen LogP) is 8.94. The second-order valence-electron chi connectivity index (χ2n) is 9.02. The van der Waals surface area contributed by atoms with E-state index in [-0.39, 0.29) is 0 Å². The van der Waals surface area contributed by atoms with Gasteiger partial charge >= 0.3 is 0 Å². The Bertz CT molecular complexity index is 1870. The summed E-state index contributed by atoms with van der Waals surface area (Å²) >= 11 is 0. The van der Waals surface area contributed by atoms with Gasteiger partial charge in [0.1, 0.15) is 0 Å². The van der Waals surface area contributed by atoms with E-state index >= 15 is 0 Å². The van der Waals surface area contributed by atoms with Gasteiger partial charge in [0.25, 0.3) is 0 Å². The first-order valence-electron chi connectivity index (χ1n) is 12.2. The van der Waals surface area contributed by atoms with Crippen LogP contribution in [0.1, 0.15) is 0 Å². The third-order valence-corrected chi connectivity index (χ3v) is 6.87. The summed E-state index contributed by atoms with van der Waals surface area (Å²) in [6.07, 6.45) is 0. The summed E-state index contributed by atoms with van der Waals surface area (Å²) < 4.78 is 0. The molecule has 0 amide bonds. The zero-order valence-electron chi connectivity index (χ0n) is 19.6. The first-order chi connectivity index (χ1) is 17.9. The van der Waals surface area contributed by atoms with Crippen LogP contribution in [0.15, 0.2) is 133 Å². The Hall–Kier alpha value is -4.82. The molecule has 0 spiro atoms. The summed E-state index contributed by atoms with van der Waals surface area (Å²) in [5.41, 5.74) is 6.44. The maximum atomic E-state index is 5.22. The van der Waals surface area contributed by atoms with Crippen LogP contribution in [0.3, 0.4) is 0 Å². The highest BCUT2D eigenvalue weighted by Crippen LogP contribution is 2.40. The molecule has 1 heterocycles. The van der Waals surface area contributed by atoms with Gasteiger partial charge in [-0.1, -0.05) is 127 Å². The third kappa shape index (κ3) is 3.35. The Balaban J connectivity index is 1.66. The summed E-state index contributed by atoms with van der Waals surface area (Å²) in [7, 11) is 0. The van der Waals surface area contributed by atoms with Crippen molar-refractivity contribution in [3.05, 3.63) is 133 Å². The van der Waals surface area contributed by atoms with Crippen molar-refractivity contribution >= 4 is 32.4 Å². The molecule has 1 aromatic heterocycles. The molecule has 0 bridgehead atoms. The van der Waals surface area contributed by atoms with E-state index in [0.717, 1.165) is 38.9 Å². The second kappa shape index (κ2) is 8.44. The molecule has 7 aromatic rings. The van der Waals surface area contributed by atoms with Gasteiger partial charge in [-0.05, 0) is 33.4 Å². The van der Waals surface area contributed by atoms with E-state index in [1.807, 2.05) is 18.2 Å². The van der Waals surface area contributed by atoms with Crippen LogP contribution in [-0.4, -0.2) is 9.97 Å². The van der Waals surface area contributed by atoms with Crippen LogP contribution in [0.2, 0.25) is 0 Å². The van der Waals surface area contributed by atoms with Crippen LogP contribution in [0, 0.1) is 0 Å². The highest BCUT2D eigenvalue weighted by Gasteiger charge is 2.18. The fraction of sp³-hybridized carbons (Fsp3) is 0. The van der Waals surface area contributed by atoms with Crippen LogP contribution >= 0.6 is 0 Å². The molecule has 7 rings (SSSR count). The zero-order valence-corrected chi connectivity index (χ0v) is 19.6. The minimum atomic E-state index is 0.739. The molecule has 0 fully saturated rings. The molecule has 0 unspecified atom stereocenters. The first-order valence-corrected chi connectivity index (χ1v) is 12.2. The lowest BCUT2D eigenvalue weighted by atomic mass is 9.92. The van der Waals surface area contributed by atoms with Crippen LogP contribution in [0.25, 0.3) is 66.2 Å². The van der Waals surface area contributed by atoms with Crippen LogP contribution in [0.5, 0.6) is 0 Å². The standard InChI is InChI=1S/C34H22N2/c1-3-12-24(13-4-1)30-22-31-32(28-21-11-17-23-14-7-8-18-26(23)28)35-34(25-15-5-2-6-16-25)36-33(31)29-20-10-9-19-27(29)30/h1-22H. The molecule has 0 aliphatic rings. The quantitative estimate of drug-likeness (QED) is 0.247. The van der Waals surface area contributed by atoms with Gasteiger partial charge in [0, 0.05) is 21.9 Å². The molecule has 6 aromatic carbocycles. The molecule has 168 valence electrons. The Morgan fingerprint density at radius 1 is 0.389 bits per heavy atom. The van der Waals surface area contributed by atoms with Crippen molar-refractivity contribution < 1.29 is 0 Å². The highest BCUT2D eigenvalue weighted by molar-refractivity contribution is 6.16. The molecule has 0 saturated heterocycles. The van der Waals surface area contributed by atoms with E-state index in [1.165, 1.54) is 27.3 Å². The molecule has 0 aliphatic heterocycles. The average Bonchev–Trinajstić information content (AvgIpc) is 2.97. The summed E-state index contributed by atoms with van der Waals surface area (Å²) in [5.74, 6) is 0.739. The molecule has 0 atom stereocenters. The summed E-state index contributed by atoms with van der Waals surface area (Å²) in [6, 6.07) is 46.7. The van der Waals surface area contributed by atoms with Crippen LogP contribution < -0.4 is 0 Å². The van der Waals surface area contributed by atoms with Gasteiger partial charge in [-0.2, -0.15) is 0 Å². The number of nitrogens with zero attached hydrogens (tertiary/aromatic N) is 2. The molecule has 0 N–H and O–H groups in total. The molecule has 0 saturated carbocycles. The monoisotopic (exact) mass is 458 g/mol. The van der Waals surface area contributed by atoms with Crippen molar-refractivity contribution in [2.75, 3.05) is 0 Å². The molecule has 0 aliphatic carbocycles. The van der Waals surface area contributed by atoms with Gasteiger partial charge in [-0.15, -0.1) is 0 Å². The average molecular weight is 459 g/mol. The molecule has 2 heteroatoms. The Labute approximate surface area is 209 Å². The van der Waals surface area contributed by atoms with E-state index in [9.17, 15) is 0 Å². The van der Waals surface area contributed by atoms with E-state index in [0.29, 0.717) is 0 Å². The van der Waals surface area contributed by atoms with E-state index in [1.54, 1.807) is 0 Å². The van der Waals surface area contributed by atoms with E-state index in [2.05, 4.69) is 115 Å². The number of aromatic nitrogens is 2. The van der Waals surface area contributed by atoms with Crippen LogP contribution in [0.4, 0.5) is 0 Å². The minimum absolute atomic E-state index is 0.739. The van der Waals surface area contributed by atoms with Gasteiger partial charge in [-0.25, -0.2) is 9.97 Å². The Kier molecular flexibility index (Phi) is 4.82. The number of fused-ring (bicyclic) bond motifs is 4. The molecule has 2 nitrogen and oxygen atoms in total. The fourth-order valence-corrected chi connectivity index (χ4v) is 5.17. The van der Waals surface area contributed by atoms with Gasteiger partial charge in [0.15, 0.2) is 5.82 Å². The lowest BCUT2D eigenvalue weighted by Crippen LogP contribution is -1.97. The maximum Gasteiger partial charge on any atom is 0.160 e. The molecule has 36 heavy (non-hydrogen) atoms. The Morgan fingerprint density at radius 2 is 1.00 bits per heavy atom. The number of hydrogen-bond acceptors (Lipinski definition) is 2. The lowest BCUT2D eigenvalue weighted by molar-refractivity contribution is 1.24. The van der Waals surface area contributed by atoms with Crippen molar-refractivity contribution in [1.82, 2.24) is 9.97 Å². The van der Waals surface area contributed by atoms with Gasteiger partial charge in [0.2, 0.25) is 0 Å². The predicted molar refractivity (Wildman–Crippen MR) is 151 cm³/mol. The smallest absolute Gasteiger partial charge is 0.160 e. The lowest BCUT2D eigenvalue weighted by Gasteiger charge is -2.16. The molecular weight excluding hydrogens is 436 g/mol. The van der Waals surface area contributed by atoms with Crippen molar-refractivity contribution in [3.63, 3.8) is 0 Å². The minimum Gasteiger partial charge on any atom is -0.227 e. The first kappa shape index (κ1) is 20.5. The zero-order chi connectivity index (χ0) is 23.9. The van der Waals surface area contributed by atoms with E-state index < -0.39 is 0 Å². The summed E-state index contributed by atoms with van der Waals surface area (Å²) in [5, 5.41) is 5.77. The maximum absolute atomic E-state index is 5.22. The van der Waals surface area contributed by atoms with Crippen molar-refractivity contribution in [1.29, 1.82) is 0 Å². The molecular formula is C34H22N2. The fourth-order valence-electron chi connectivity index (χ4n) is 5.17. The second-order valence-corrected chi connectivity index (χ2v) is 9.02. The normalized spacial score (nSPS) is 11.3. The Morgan fingerprint density at radius 3 is 1.78 bits per heavy atom. The SMILES string of the molecule is c1ccc(-c2nc(-c3cccc4ccccc34)c3cc(-c4ccccc4)c4ccccc4c3n2)cc1. The highest BCUT2D eigenvalue weighted by atomic mass is 14.9. The largest absolute Gasteiger partial charge is 0.227 e. The van der Waals surface area contributed by atoms with Crippen molar-refractivity contribution in [2.45, 2.75) is 0 Å². The number of benzene rings is 6. The summed E-state index contributed by atoms with van der Waals surface area (Å²) in [4.78, 5) is 10.4. The van der Waals surface area contributed by atoms with Gasteiger partial charge < -0.3 is 0 Å². The number of rotatable bonds is 3. The van der Waals surface area contributed by atoms with Gasteiger partial charge in [-0.3, -0.25) is 0 Å². The van der Waals surface area contributed by atoms with Crippen LogP contribution in [-0.2, 0) is 0 Å². The summed E-state index contributed by atoms with van der Waals surface area (Å²) in [6.45, 7) is 0. The van der Waals surface area contributed by atoms with Gasteiger partial charge in [0.05, 0.1) is 11.2 Å². The van der Waals surface area contributed by atoms with E-state index in [4.69, 9.17) is 9.97 Å². The van der Waals surface area contributed by atoms with Crippen molar-refractivity contribution in [2.24, 2.45) is 0 Å². The number of hydrogen-bond donors (Lipinski definition) is 0. The van der Waals surface area contributed by atoms with Crippen molar-refractivity contribution in [3.8, 4) is 33.8 Å².